The van der Waals surface area contributed by atoms with Crippen LogP contribution in [0.25, 0.3) is 0 Å². The number of nitrogens with one attached hydrogen (secondary N) is 1. The molecule has 2 aromatic carbocycles. The second-order valence-electron chi connectivity index (χ2n) is 4.51. The van der Waals surface area contributed by atoms with Crippen LogP contribution in [0.4, 0.5) is 15.8 Å². The van der Waals surface area contributed by atoms with Gasteiger partial charge < -0.3 is 20.5 Å². The molecule has 0 bridgehead atoms. The average molecular weight is 304 g/mol. The number of benzene rings is 2. The number of hydrogen-bond acceptors (Lipinski definition) is 4. The average Bonchev–Trinajstić information content (AvgIpc) is 2.47. The normalized spacial score (nSPS) is 12.8. The molecule has 21 heavy (non-hydrogen) atoms. The Bertz CT molecular complexity index is 706. The summed E-state index contributed by atoms with van der Waals surface area (Å²) >= 11 is 4.90. The Labute approximate surface area is 126 Å². The van der Waals surface area contributed by atoms with Crippen molar-refractivity contribution < 1.29 is 13.9 Å². The molecule has 108 valence electrons. The zero-order valence-corrected chi connectivity index (χ0v) is 11.9. The van der Waals surface area contributed by atoms with Crippen LogP contribution in [0.2, 0.25) is 0 Å². The Hall–Kier alpha value is -2.34. The molecule has 0 aliphatic carbocycles. The van der Waals surface area contributed by atoms with Gasteiger partial charge >= 0.3 is 0 Å². The number of hydrogen-bond donors (Lipinski definition) is 2. The van der Waals surface area contributed by atoms with Gasteiger partial charge in [0.15, 0.2) is 11.5 Å². The number of nitrogens with two attached hydrogens (primary N) is 1. The fraction of sp³-hybridized carbons (Fsp3) is 0.133. The molecule has 0 unspecified atom stereocenters. The highest BCUT2D eigenvalue weighted by Crippen LogP contribution is 2.34. The summed E-state index contributed by atoms with van der Waals surface area (Å²) in [6.45, 7) is 1.05. The number of anilines is 2. The Morgan fingerprint density at radius 1 is 1.14 bits per heavy atom. The first-order valence-electron chi connectivity index (χ1n) is 6.40. The molecule has 0 radical (unpaired) electrons. The molecular formula is C15H13FN2O2S. The number of rotatable bonds is 3. The van der Waals surface area contributed by atoms with Gasteiger partial charge in [0.05, 0.1) is 11.3 Å². The molecule has 4 nitrogen and oxygen atoms in total. The van der Waals surface area contributed by atoms with E-state index in [0.717, 1.165) is 5.69 Å². The lowest BCUT2D eigenvalue weighted by Gasteiger charge is -2.19. The van der Waals surface area contributed by atoms with Crippen LogP contribution in [0, 0.1) is 5.82 Å². The maximum atomic E-state index is 13.8. The maximum absolute atomic E-state index is 13.8. The third kappa shape index (κ3) is 2.75. The zero-order chi connectivity index (χ0) is 14.8. The van der Waals surface area contributed by atoms with E-state index in [9.17, 15) is 4.39 Å². The van der Waals surface area contributed by atoms with E-state index < -0.39 is 5.82 Å². The number of ether oxygens (including phenoxy) is 2. The van der Waals surface area contributed by atoms with Gasteiger partial charge in [0.1, 0.15) is 24.0 Å². The van der Waals surface area contributed by atoms with Crippen molar-refractivity contribution in [3.8, 4) is 11.5 Å². The van der Waals surface area contributed by atoms with Gasteiger partial charge in [0.2, 0.25) is 0 Å². The molecule has 0 amide bonds. The van der Waals surface area contributed by atoms with Crippen LogP contribution in [-0.2, 0) is 0 Å². The molecule has 0 atom stereocenters. The van der Waals surface area contributed by atoms with Crippen LogP contribution < -0.4 is 20.5 Å². The number of halogens is 1. The quantitative estimate of drug-likeness (QED) is 0.854. The van der Waals surface area contributed by atoms with Crippen molar-refractivity contribution in [2.75, 3.05) is 18.5 Å². The monoisotopic (exact) mass is 304 g/mol. The van der Waals surface area contributed by atoms with Gasteiger partial charge in [-0.3, -0.25) is 0 Å². The van der Waals surface area contributed by atoms with Crippen molar-refractivity contribution in [1.29, 1.82) is 0 Å². The van der Waals surface area contributed by atoms with Gasteiger partial charge in [0, 0.05) is 11.8 Å². The summed E-state index contributed by atoms with van der Waals surface area (Å²) < 4.78 is 24.8. The van der Waals surface area contributed by atoms with E-state index in [1.807, 2.05) is 6.07 Å². The molecule has 6 heteroatoms. The highest BCUT2D eigenvalue weighted by Gasteiger charge is 2.14. The van der Waals surface area contributed by atoms with E-state index in [0.29, 0.717) is 30.4 Å². The van der Waals surface area contributed by atoms with Crippen LogP contribution in [0.15, 0.2) is 36.4 Å². The van der Waals surface area contributed by atoms with Crippen molar-refractivity contribution in [2.45, 2.75) is 0 Å². The largest absolute Gasteiger partial charge is 0.486 e. The van der Waals surface area contributed by atoms with Gasteiger partial charge in [-0.25, -0.2) is 4.39 Å². The molecular weight excluding hydrogens is 291 g/mol. The fourth-order valence-electron chi connectivity index (χ4n) is 2.16. The summed E-state index contributed by atoms with van der Waals surface area (Å²) in [5.74, 6) is 0.894. The highest BCUT2D eigenvalue weighted by atomic mass is 32.1. The van der Waals surface area contributed by atoms with E-state index >= 15 is 0 Å². The molecule has 0 saturated carbocycles. The van der Waals surface area contributed by atoms with Crippen LogP contribution in [0.1, 0.15) is 5.56 Å². The first kappa shape index (κ1) is 13.6. The first-order valence-corrected chi connectivity index (χ1v) is 6.81. The molecule has 0 saturated heterocycles. The maximum Gasteiger partial charge on any atom is 0.163 e. The first-order chi connectivity index (χ1) is 10.1. The van der Waals surface area contributed by atoms with Crippen molar-refractivity contribution in [1.82, 2.24) is 0 Å². The van der Waals surface area contributed by atoms with E-state index in [4.69, 9.17) is 27.4 Å². The summed E-state index contributed by atoms with van der Waals surface area (Å²) in [6.07, 6.45) is 0. The predicted molar refractivity (Wildman–Crippen MR) is 83.0 cm³/mol. The molecule has 1 aliphatic heterocycles. The summed E-state index contributed by atoms with van der Waals surface area (Å²) in [4.78, 5) is 0.00754. The molecule has 3 N–H and O–H groups in total. The third-order valence-corrected chi connectivity index (χ3v) is 3.29. The SMILES string of the molecule is NC(=S)c1c(F)cccc1Nc1ccc2c(c1)OCCO2. The Balaban J connectivity index is 1.94. The summed E-state index contributed by atoms with van der Waals surface area (Å²) in [7, 11) is 0. The smallest absolute Gasteiger partial charge is 0.163 e. The minimum absolute atomic E-state index is 0.00754. The molecule has 0 spiro atoms. The predicted octanol–water partition coefficient (Wildman–Crippen LogP) is 2.97. The van der Waals surface area contributed by atoms with Gasteiger partial charge in [-0.1, -0.05) is 18.3 Å². The minimum atomic E-state index is -0.454. The minimum Gasteiger partial charge on any atom is -0.486 e. The van der Waals surface area contributed by atoms with Gasteiger partial charge in [-0.05, 0) is 24.3 Å². The van der Waals surface area contributed by atoms with Gasteiger partial charge in [0.25, 0.3) is 0 Å². The van der Waals surface area contributed by atoms with Crippen LogP contribution in [0.5, 0.6) is 11.5 Å². The van der Waals surface area contributed by atoms with Crippen molar-refractivity contribution in [3.63, 3.8) is 0 Å². The Morgan fingerprint density at radius 3 is 2.67 bits per heavy atom. The number of fused-ring (bicyclic) bond motifs is 1. The molecule has 0 aromatic heterocycles. The van der Waals surface area contributed by atoms with Crippen molar-refractivity contribution >= 4 is 28.6 Å². The molecule has 1 aliphatic rings. The molecule has 3 rings (SSSR count). The molecule has 0 fully saturated rings. The third-order valence-electron chi connectivity index (χ3n) is 3.08. The lowest BCUT2D eigenvalue weighted by molar-refractivity contribution is 0.171. The van der Waals surface area contributed by atoms with E-state index in [1.165, 1.54) is 6.07 Å². The summed E-state index contributed by atoms with van der Waals surface area (Å²) in [5.41, 5.74) is 7.03. The number of thiocarbonyl (C=S) groups is 1. The topological polar surface area (TPSA) is 56.5 Å². The lowest BCUT2D eigenvalue weighted by Crippen LogP contribution is -2.16. The van der Waals surface area contributed by atoms with Gasteiger partial charge in [-0.2, -0.15) is 0 Å². The van der Waals surface area contributed by atoms with E-state index in [1.54, 1.807) is 24.3 Å². The lowest BCUT2D eigenvalue weighted by atomic mass is 10.1. The fourth-order valence-corrected chi connectivity index (χ4v) is 2.36. The van der Waals surface area contributed by atoms with E-state index in [-0.39, 0.29) is 10.6 Å². The van der Waals surface area contributed by atoms with Crippen LogP contribution in [0.3, 0.4) is 0 Å². The van der Waals surface area contributed by atoms with Gasteiger partial charge in [-0.15, -0.1) is 0 Å². The van der Waals surface area contributed by atoms with Crippen molar-refractivity contribution in [2.24, 2.45) is 5.73 Å². The van der Waals surface area contributed by atoms with Crippen LogP contribution >= 0.6 is 12.2 Å². The second kappa shape index (κ2) is 5.57. The Kier molecular flexibility index (Phi) is 3.62. The van der Waals surface area contributed by atoms with Crippen molar-refractivity contribution in [3.05, 3.63) is 47.8 Å². The Morgan fingerprint density at radius 2 is 1.90 bits per heavy atom. The summed E-state index contributed by atoms with van der Waals surface area (Å²) in [5, 5.41) is 3.10. The summed E-state index contributed by atoms with van der Waals surface area (Å²) in [6, 6.07) is 10.1. The van der Waals surface area contributed by atoms with E-state index in [2.05, 4.69) is 5.32 Å². The highest BCUT2D eigenvalue weighted by molar-refractivity contribution is 7.80. The zero-order valence-electron chi connectivity index (χ0n) is 11.1. The molecule has 2 aromatic rings. The molecule has 1 heterocycles. The standard InChI is InChI=1S/C15H13FN2O2S/c16-10-2-1-3-11(14(10)15(17)21)18-9-4-5-12-13(8-9)20-7-6-19-12/h1-5,8,18H,6-7H2,(H2,17,21). The van der Waals surface area contributed by atoms with Crippen LogP contribution in [-0.4, -0.2) is 18.2 Å². The second-order valence-corrected chi connectivity index (χ2v) is 4.95.